The summed E-state index contributed by atoms with van der Waals surface area (Å²) in [5.74, 6) is -0.732. The topological polar surface area (TPSA) is 143 Å². The van der Waals surface area contributed by atoms with Crippen LogP contribution in [0.3, 0.4) is 0 Å². The number of hydrogen-bond donors (Lipinski definition) is 4. The fraction of sp³-hybridized carbons (Fsp3) is 0.375. The second-order valence-corrected chi connectivity index (χ2v) is 8.01. The van der Waals surface area contributed by atoms with Crippen LogP contribution >= 0.6 is 0 Å². The number of benzene rings is 2. The molecule has 9 nitrogen and oxygen atoms in total. The van der Waals surface area contributed by atoms with Gasteiger partial charge in [-0.2, -0.15) is 0 Å². The third kappa shape index (κ3) is 6.45. The number of carboxylic acids is 1. The molecule has 0 spiro atoms. The van der Waals surface area contributed by atoms with Crippen molar-refractivity contribution in [2.75, 3.05) is 25.1 Å². The van der Waals surface area contributed by atoms with Crippen LogP contribution in [0.5, 0.6) is 5.75 Å². The first kappa shape index (κ1) is 24.1. The molecule has 1 fully saturated rings. The zero-order valence-corrected chi connectivity index (χ0v) is 18.8. The molecule has 1 aliphatic rings. The summed E-state index contributed by atoms with van der Waals surface area (Å²) < 4.78 is 5.54. The van der Waals surface area contributed by atoms with Crippen molar-refractivity contribution in [2.45, 2.75) is 38.3 Å². The van der Waals surface area contributed by atoms with Crippen LogP contribution in [-0.2, 0) is 17.8 Å². The number of anilines is 1. The second kappa shape index (κ2) is 11.3. The smallest absolute Gasteiger partial charge is 0.320 e. The number of amides is 1. The lowest BCUT2D eigenvalue weighted by atomic mass is 10.0. The van der Waals surface area contributed by atoms with Crippen molar-refractivity contribution >= 4 is 23.5 Å². The zero-order chi connectivity index (χ0) is 23.8. The number of carboxylic acid groups (broad SMARTS) is 1. The minimum absolute atomic E-state index is 0.00692. The van der Waals surface area contributed by atoms with Crippen molar-refractivity contribution in [2.24, 2.45) is 16.5 Å². The number of carbonyl (C=O) groups is 2. The molecule has 0 aliphatic carbocycles. The van der Waals surface area contributed by atoms with E-state index in [-0.39, 0.29) is 18.9 Å². The predicted octanol–water partition coefficient (Wildman–Crippen LogP) is 1.88. The van der Waals surface area contributed by atoms with Gasteiger partial charge in [-0.1, -0.05) is 18.2 Å². The molecule has 1 amide bonds. The van der Waals surface area contributed by atoms with E-state index in [0.29, 0.717) is 5.56 Å². The van der Waals surface area contributed by atoms with E-state index in [0.717, 1.165) is 48.5 Å². The molecule has 0 saturated carbocycles. The Morgan fingerprint density at radius 3 is 2.48 bits per heavy atom. The van der Waals surface area contributed by atoms with Crippen molar-refractivity contribution in [3.63, 3.8) is 0 Å². The number of ether oxygens (including phenoxy) is 1. The summed E-state index contributed by atoms with van der Waals surface area (Å²) in [4.78, 5) is 30.1. The van der Waals surface area contributed by atoms with Gasteiger partial charge in [0, 0.05) is 29.9 Å². The normalized spacial score (nSPS) is 15.1. The number of methoxy groups -OCH3 is 1. The van der Waals surface area contributed by atoms with Crippen LogP contribution in [0.2, 0.25) is 0 Å². The summed E-state index contributed by atoms with van der Waals surface area (Å²) in [6.07, 6.45) is 3.72. The summed E-state index contributed by atoms with van der Waals surface area (Å²) in [5.41, 5.74) is 14.7. The predicted molar refractivity (Wildman–Crippen MR) is 128 cm³/mol. The Morgan fingerprint density at radius 1 is 1.15 bits per heavy atom. The van der Waals surface area contributed by atoms with E-state index in [9.17, 15) is 9.59 Å². The highest BCUT2D eigenvalue weighted by Gasteiger charge is 2.18. The van der Waals surface area contributed by atoms with Crippen molar-refractivity contribution in [3.05, 3.63) is 59.2 Å². The Balaban J connectivity index is 1.67. The van der Waals surface area contributed by atoms with Crippen LogP contribution in [0.25, 0.3) is 0 Å². The van der Waals surface area contributed by atoms with Gasteiger partial charge in [0.1, 0.15) is 11.8 Å². The monoisotopic (exact) mass is 453 g/mol. The number of rotatable bonds is 8. The standard InChI is InChI=1S/C24H31N5O4/c1-33-21-7-5-6-20(29-12-3-2-4-13-29)18(21)15-27-24(26)28-22(30)17-10-8-16(9-11-17)14-19(25)23(31)32/h5-11,19H,2-4,12-15,25H2,1H3,(H,31,32)(H3,26,27,28,30). The molecule has 0 bridgehead atoms. The third-order valence-electron chi connectivity index (χ3n) is 5.66. The number of nitrogens with two attached hydrogens (primary N) is 2. The molecule has 1 saturated heterocycles. The lowest BCUT2D eigenvalue weighted by molar-refractivity contribution is -0.138. The number of carbonyl (C=O) groups excluding carboxylic acids is 1. The maximum atomic E-state index is 12.5. The van der Waals surface area contributed by atoms with E-state index >= 15 is 0 Å². The van der Waals surface area contributed by atoms with Gasteiger partial charge in [0.05, 0.1) is 13.7 Å². The Hall–Kier alpha value is -3.59. The van der Waals surface area contributed by atoms with Gasteiger partial charge in [0.15, 0.2) is 5.96 Å². The molecule has 0 aromatic heterocycles. The van der Waals surface area contributed by atoms with Crippen molar-refractivity contribution in [3.8, 4) is 5.75 Å². The summed E-state index contributed by atoms with van der Waals surface area (Å²) in [7, 11) is 1.63. The molecule has 9 heteroatoms. The number of aliphatic imine (C=N–C) groups is 1. The first-order valence-electron chi connectivity index (χ1n) is 11.0. The highest BCUT2D eigenvalue weighted by molar-refractivity contribution is 6.05. The molecule has 1 aliphatic heterocycles. The van der Waals surface area contributed by atoms with Gasteiger partial charge in [0.25, 0.3) is 5.91 Å². The Bertz CT molecular complexity index is 1000. The lowest BCUT2D eigenvalue weighted by Crippen LogP contribution is -2.37. The van der Waals surface area contributed by atoms with Crippen LogP contribution in [0.15, 0.2) is 47.5 Å². The van der Waals surface area contributed by atoms with E-state index in [1.807, 2.05) is 12.1 Å². The fourth-order valence-corrected chi connectivity index (χ4v) is 3.86. The fourth-order valence-electron chi connectivity index (χ4n) is 3.86. The first-order chi connectivity index (χ1) is 15.9. The Labute approximate surface area is 193 Å². The number of hydrogen-bond acceptors (Lipinski definition) is 6. The van der Waals surface area contributed by atoms with Crippen LogP contribution in [0.1, 0.15) is 40.7 Å². The number of aliphatic carboxylic acids is 1. The average molecular weight is 454 g/mol. The summed E-state index contributed by atoms with van der Waals surface area (Å²) in [6, 6.07) is 11.5. The zero-order valence-electron chi connectivity index (χ0n) is 18.8. The van der Waals surface area contributed by atoms with Gasteiger partial charge in [-0.3, -0.25) is 14.9 Å². The minimum Gasteiger partial charge on any atom is -0.496 e. The van der Waals surface area contributed by atoms with Gasteiger partial charge in [-0.25, -0.2) is 4.99 Å². The summed E-state index contributed by atoms with van der Waals surface area (Å²) >= 11 is 0. The molecule has 0 radical (unpaired) electrons. The first-order valence-corrected chi connectivity index (χ1v) is 11.0. The Morgan fingerprint density at radius 2 is 1.85 bits per heavy atom. The minimum atomic E-state index is -1.07. The highest BCUT2D eigenvalue weighted by Crippen LogP contribution is 2.31. The van der Waals surface area contributed by atoms with Gasteiger partial charge in [0.2, 0.25) is 0 Å². The van der Waals surface area contributed by atoms with Gasteiger partial charge < -0.3 is 26.2 Å². The number of piperidine rings is 1. The molecule has 33 heavy (non-hydrogen) atoms. The highest BCUT2D eigenvalue weighted by atomic mass is 16.5. The van der Waals surface area contributed by atoms with E-state index in [1.54, 1.807) is 31.4 Å². The lowest BCUT2D eigenvalue weighted by Gasteiger charge is -2.31. The Kier molecular flexibility index (Phi) is 8.26. The van der Waals surface area contributed by atoms with Gasteiger partial charge in [-0.05, 0) is 55.5 Å². The van der Waals surface area contributed by atoms with Crippen molar-refractivity contribution in [1.82, 2.24) is 5.32 Å². The van der Waals surface area contributed by atoms with Gasteiger partial charge in [-0.15, -0.1) is 0 Å². The largest absolute Gasteiger partial charge is 0.496 e. The van der Waals surface area contributed by atoms with E-state index in [1.165, 1.54) is 6.42 Å². The quantitative estimate of drug-likeness (QED) is 0.353. The molecule has 3 rings (SSSR count). The average Bonchev–Trinajstić information content (AvgIpc) is 2.83. The molecule has 176 valence electrons. The number of nitrogens with one attached hydrogen (secondary N) is 1. The molecule has 1 atom stereocenters. The molecular weight excluding hydrogens is 422 g/mol. The SMILES string of the molecule is COc1cccc(N2CCCCC2)c1CN=C(N)NC(=O)c1ccc(CC(N)C(=O)O)cc1. The van der Waals surface area contributed by atoms with Crippen molar-refractivity contribution in [1.29, 1.82) is 0 Å². The maximum absolute atomic E-state index is 12.5. The van der Waals surface area contributed by atoms with Crippen molar-refractivity contribution < 1.29 is 19.4 Å². The van der Waals surface area contributed by atoms with E-state index in [2.05, 4.69) is 21.3 Å². The molecule has 2 aromatic rings. The molecule has 6 N–H and O–H groups in total. The van der Waals surface area contributed by atoms with Crippen LogP contribution in [0, 0.1) is 0 Å². The number of nitrogens with zero attached hydrogens (tertiary/aromatic N) is 2. The third-order valence-corrected chi connectivity index (χ3v) is 5.66. The number of guanidine groups is 1. The van der Waals surface area contributed by atoms with Crippen LogP contribution in [-0.4, -0.2) is 49.2 Å². The van der Waals surface area contributed by atoms with Crippen LogP contribution < -0.4 is 26.4 Å². The molecule has 1 heterocycles. The van der Waals surface area contributed by atoms with E-state index < -0.39 is 17.9 Å². The molecule has 2 aromatic carbocycles. The van der Waals surface area contributed by atoms with Gasteiger partial charge >= 0.3 is 5.97 Å². The van der Waals surface area contributed by atoms with Crippen LogP contribution in [0.4, 0.5) is 5.69 Å². The summed E-state index contributed by atoms with van der Waals surface area (Å²) in [6.45, 7) is 2.25. The second-order valence-electron chi connectivity index (χ2n) is 8.01. The molecule has 1 unspecified atom stereocenters. The van der Waals surface area contributed by atoms with E-state index in [4.69, 9.17) is 21.3 Å². The molecular formula is C24H31N5O4. The summed E-state index contributed by atoms with van der Waals surface area (Å²) in [5, 5.41) is 11.5. The maximum Gasteiger partial charge on any atom is 0.320 e.